The molecule has 20 heavy (non-hydrogen) atoms. The van der Waals surface area contributed by atoms with Crippen molar-refractivity contribution >= 4 is 16.9 Å². The highest BCUT2D eigenvalue weighted by Crippen LogP contribution is 2.26. The van der Waals surface area contributed by atoms with E-state index in [0.29, 0.717) is 6.54 Å². The van der Waals surface area contributed by atoms with Gasteiger partial charge in [-0.05, 0) is 30.5 Å². The third-order valence-electron chi connectivity index (χ3n) is 4.28. The summed E-state index contributed by atoms with van der Waals surface area (Å²) in [6.45, 7) is 0.522. The molecule has 2 aromatic rings. The molecular formula is C15H19N3O2. The van der Waals surface area contributed by atoms with Gasteiger partial charge in [0.2, 0.25) is 5.91 Å². The van der Waals surface area contributed by atoms with Crippen molar-refractivity contribution in [3.8, 4) is 0 Å². The molecule has 0 aliphatic heterocycles. The molecule has 0 unspecified atom stereocenters. The van der Waals surface area contributed by atoms with Crippen LogP contribution in [0.2, 0.25) is 0 Å². The van der Waals surface area contributed by atoms with Crippen LogP contribution in [0, 0.1) is 5.92 Å². The Hall–Kier alpha value is -2.04. The van der Waals surface area contributed by atoms with Crippen molar-refractivity contribution < 1.29 is 4.79 Å². The second kappa shape index (κ2) is 4.81. The number of benzene rings is 1. The Morgan fingerprint density at radius 1 is 1.25 bits per heavy atom. The van der Waals surface area contributed by atoms with Gasteiger partial charge in [0.25, 0.3) is 0 Å². The van der Waals surface area contributed by atoms with E-state index in [2.05, 4.69) is 5.32 Å². The average Bonchev–Trinajstić information content (AvgIpc) is 2.59. The maximum Gasteiger partial charge on any atom is 0.328 e. The first-order valence-electron chi connectivity index (χ1n) is 7.00. The van der Waals surface area contributed by atoms with Crippen LogP contribution in [0.5, 0.6) is 0 Å². The smallest absolute Gasteiger partial charge is 0.328 e. The number of imidazole rings is 1. The summed E-state index contributed by atoms with van der Waals surface area (Å²) in [5.41, 5.74) is 2.79. The highest BCUT2D eigenvalue weighted by molar-refractivity contribution is 5.80. The summed E-state index contributed by atoms with van der Waals surface area (Å²) in [6.07, 6.45) is 3.19. The summed E-state index contributed by atoms with van der Waals surface area (Å²) < 4.78 is 3.26. The molecule has 0 spiro atoms. The van der Waals surface area contributed by atoms with Gasteiger partial charge in [0.05, 0.1) is 11.0 Å². The zero-order chi connectivity index (χ0) is 14.3. The van der Waals surface area contributed by atoms with Gasteiger partial charge in [0.1, 0.15) is 0 Å². The van der Waals surface area contributed by atoms with Crippen LogP contribution in [0.15, 0.2) is 23.0 Å². The molecule has 1 N–H and O–H groups in total. The summed E-state index contributed by atoms with van der Waals surface area (Å²) in [5.74, 6) is 0.359. The molecule has 0 radical (unpaired) electrons. The molecule has 0 saturated heterocycles. The molecule has 1 aromatic carbocycles. The van der Waals surface area contributed by atoms with E-state index in [1.165, 1.54) is 0 Å². The van der Waals surface area contributed by atoms with Crippen LogP contribution in [0.1, 0.15) is 24.8 Å². The molecule has 1 amide bonds. The quantitative estimate of drug-likeness (QED) is 0.916. The van der Waals surface area contributed by atoms with Crippen molar-refractivity contribution in [2.24, 2.45) is 20.0 Å². The van der Waals surface area contributed by atoms with Gasteiger partial charge in [0, 0.05) is 26.6 Å². The van der Waals surface area contributed by atoms with Gasteiger partial charge in [-0.1, -0.05) is 12.5 Å². The number of hydrogen-bond donors (Lipinski definition) is 1. The van der Waals surface area contributed by atoms with E-state index in [4.69, 9.17) is 0 Å². The second-order valence-corrected chi connectivity index (χ2v) is 5.57. The maximum absolute atomic E-state index is 11.9. The van der Waals surface area contributed by atoms with E-state index < -0.39 is 0 Å². The Bertz CT molecular complexity index is 723. The fourth-order valence-electron chi connectivity index (χ4n) is 2.67. The number of carbonyl (C=O) groups is 1. The van der Waals surface area contributed by atoms with Crippen LogP contribution in [0.25, 0.3) is 11.0 Å². The molecule has 5 heteroatoms. The molecule has 1 aliphatic rings. The second-order valence-electron chi connectivity index (χ2n) is 5.57. The highest BCUT2D eigenvalue weighted by Gasteiger charge is 2.24. The van der Waals surface area contributed by atoms with E-state index in [1.54, 1.807) is 23.2 Å². The van der Waals surface area contributed by atoms with Crippen molar-refractivity contribution in [1.82, 2.24) is 14.5 Å². The largest absolute Gasteiger partial charge is 0.352 e. The zero-order valence-electron chi connectivity index (χ0n) is 11.8. The van der Waals surface area contributed by atoms with Crippen molar-refractivity contribution in [3.63, 3.8) is 0 Å². The molecule has 1 saturated carbocycles. The Morgan fingerprint density at radius 2 is 1.95 bits per heavy atom. The SMILES string of the molecule is Cn1c(=O)n(C)c2cc(CNC(=O)C3CCC3)ccc21. The third kappa shape index (κ3) is 2.03. The minimum atomic E-state index is -0.0318. The normalized spacial score (nSPS) is 15.3. The highest BCUT2D eigenvalue weighted by atomic mass is 16.2. The third-order valence-corrected chi connectivity index (χ3v) is 4.28. The minimum Gasteiger partial charge on any atom is -0.352 e. The van der Waals surface area contributed by atoms with E-state index in [-0.39, 0.29) is 17.5 Å². The number of nitrogens with one attached hydrogen (secondary N) is 1. The van der Waals surface area contributed by atoms with Gasteiger partial charge in [0.15, 0.2) is 0 Å². The van der Waals surface area contributed by atoms with E-state index in [1.807, 2.05) is 18.2 Å². The summed E-state index contributed by atoms with van der Waals surface area (Å²) >= 11 is 0. The van der Waals surface area contributed by atoms with Crippen molar-refractivity contribution in [1.29, 1.82) is 0 Å². The molecule has 106 valence electrons. The summed E-state index contributed by atoms with van der Waals surface area (Å²) in [6, 6.07) is 5.86. The molecule has 1 aromatic heterocycles. The molecule has 1 heterocycles. The lowest BCUT2D eigenvalue weighted by atomic mass is 9.85. The van der Waals surface area contributed by atoms with Crippen LogP contribution in [-0.4, -0.2) is 15.0 Å². The van der Waals surface area contributed by atoms with E-state index in [0.717, 1.165) is 35.9 Å². The van der Waals surface area contributed by atoms with Gasteiger partial charge in [-0.15, -0.1) is 0 Å². The van der Waals surface area contributed by atoms with Crippen molar-refractivity contribution in [3.05, 3.63) is 34.2 Å². The number of rotatable bonds is 3. The number of carbonyl (C=O) groups excluding carboxylic acids is 1. The van der Waals surface area contributed by atoms with Gasteiger partial charge in [-0.3, -0.25) is 13.9 Å². The first kappa shape index (κ1) is 13.0. The van der Waals surface area contributed by atoms with Crippen molar-refractivity contribution in [2.45, 2.75) is 25.8 Å². The summed E-state index contributed by atoms with van der Waals surface area (Å²) in [7, 11) is 3.53. The van der Waals surface area contributed by atoms with E-state index >= 15 is 0 Å². The van der Waals surface area contributed by atoms with Crippen LogP contribution in [0.4, 0.5) is 0 Å². The van der Waals surface area contributed by atoms with Crippen molar-refractivity contribution in [2.75, 3.05) is 0 Å². The maximum atomic E-state index is 11.9. The predicted octanol–water partition coefficient (Wildman–Crippen LogP) is 1.29. The Labute approximate surface area is 117 Å². The summed E-state index contributed by atoms with van der Waals surface area (Å²) in [5, 5.41) is 2.97. The lowest BCUT2D eigenvalue weighted by Gasteiger charge is -2.24. The van der Waals surface area contributed by atoms with E-state index in [9.17, 15) is 9.59 Å². The fourth-order valence-corrected chi connectivity index (χ4v) is 2.67. The fraction of sp³-hybridized carbons (Fsp3) is 0.467. The first-order chi connectivity index (χ1) is 9.58. The monoisotopic (exact) mass is 273 g/mol. The number of hydrogen-bond acceptors (Lipinski definition) is 2. The number of nitrogens with zero attached hydrogens (tertiary/aromatic N) is 2. The minimum absolute atomic E-state index is 0.0318. The van der Waals surface area contributed by atoms with Gasteiger partial charge < -0.3 is 5.32 Å². The zero-order valence-corrected chi connectivity index (χ0v) is 11.8. The van der Waals surface area contributed by atoms with Crippen LogP contribution in [-0.2, 0) is 25.4 Å². The Morgan fingerprint density at radius 3 is 2.60 bits per heavy atom. The number of aromatic nitrogens is 2. The number of aryl methyl sites for hydroxylation is 2. The van der Waals surface area contributed by atoms with Crippen LogP contribution < -0.4 is 11.0 Å². The van der Waals surface area contributed by atoms with Crippen LogP contribution >= 0.6 is 0 Å². The number of amides is 1. The molecule has 3 rings (SSSR count). The predicted molar refractivity (Wildman–Crippen MR) is 77.3 cm³/mol. The van der Waals surface area contributed by atoms with Gasteiger partial charge >= 0.3 is 5.69 Å². The lowest BCUT2D eigenvalue weighted by Crippen LogP contribution is -2.33. The molecule has 5 nitrogen and oxygen atoms in total. The number of fused-ring (bicyclic) bond motifs is 1. The Balaban J connectivity index is 1.80. The molecular weight excluding hydrogens is 254 g/mol. The standard InChI is InChI=1S/C15H19N3O2/c1-17-12-7-6-10(8-13(12)18(2)15(17)20)9-16-14(19)11-4-3-5-11/h6-8,11H,3-5,9H2,1-2H3,(H,16,19). The van der Waals surface area contributed by atoms with Gasteiger partial charge in [-0.2, -0.15) is 0 Å². The Kier molecular flexibility index (Phi) is 3.12. The van der Waals surface area contributed by atoms with Crippen LogP contribution in [0.3, 0.4) is 0 Å². The van der Waals surface area contributed by atoms with Gasteiger partial charge in [-0.25, -0.2) is 4.79 Å². The topological polar surface area (TPSA) is 56.0 Å². The molecule has 0 bridgehead atoms. The summed E-state index contributed by atoms with van der Waals surface area (Å²) in [4.78, 5) is 23.7. The molecule has 1 aliphatic carbocycles. The average molecular weight is 273 g/mol. The molecule has 0 atom stereocenters. The first-order valence-corrected chi connectivity index (χ1v) is 7.00. The molecule has 1 fully saturated rings. The lowest BCUT2D eigenvalue weighted by molar-refractivity contribution is -0.127.